The van der Waals surface area contributed by atoms with Crippen LogP contribution in [0.2, 0.25) is 0 Å². The topological polar surface area (TPSA) is 68.0 Å². The first-order chi connectivity index (χ1) is 11.7. The first-order valence-corrected chi connectivity index (χ1v) is 8.49. The van der Waals surface area contributed by atoms with E-state index in [0.717, 1.165) is 16.0 Å². The van der Waals surface area contributed by atoms with E-state index in [1.807, 2.05) is 60.9 Å². The SMILES string of the molecule is CSc1cccc(-c2nnc(NC(=O)/C=C/c3ccccc3)o2)c1. The van der Waals surface area contributed by atoms with Crippen molar-refractivity contribution >= 4 is 29.8 Å². The fourth-order valence-corrected chi connectivity index (χ4v) is 2.49. The largest absolute Gasteiger partial charge is 0.403 e. The minimum Gasteiger partial charge on any atom is -0.403 e. The molecule has 0 spiro atoms. The van der Waals surface area contributed by atoms with Gasteiger partial charge in [0.05, 0.1) is 0 Å². The summed E-state index contributed by atoms with van der Waals surface area (Å²) in [4.78, 5) is 13.0. The van der Waals surface area contributed by atoms with Gasteiger partial charge in [0, 0.05) is 16.5 Å². The molecule has 120 valence electrons. The van der Waals surface area contributed by atoms with Gasteiger partial charge in [-0.2, -0.15) is 0 Å². The monoisotopic (exact) mass is 337 g/mol. The second-order valence-corrected chi connectivity index (χ2v) is 5.76. The Kier molecular flexibility index (Phi) is 5.08. The summed E-state index contributed by atoms with van der Waals surface area (Å²) in [6.45, 7) is 0. The van der Waals surface area contributed by atoms with Gasteiger partial charge in [0.2, 0.25) is 5.89 Å². The normalized spacial score (nSPS) is 10.9. The van der Waals surface area contributed by atoms with E-state index < -0.39 is 0 Å². The average molecular weight is 337 g/mol. The lowest BCUT2D eigenvalue weighted by molar-refractivity contribution is -0.112. The Balaban J connectivity index is 1.67. The van der Waals surface area contributed by atoms with Crippen molar-refractivity contribution < 1.29 is 9.21 Å². The first-order valence-electron chi connectivity index (χ1n) is 7.26. The van der Waals surface area contributed by atoms with Crippen LogP contribution in [0.5, 0.6) is 0 Å². The molecule has 0 saturated carbocycles. The molecule has 0 atom stereocenters. The van der Waals surface area contributed by atoms with Crippen LogP contribution in [0.15, 0.2) is 70.0 Å². The summed E-state index contributed by atoms with van der Waals surface area (Å²) >= 11 is 1.63. The first kappa shape index (κ1) is 16.0. The van der Waals surface area contributed by atoms with Gasteiger partial charge >= 0.3 is 6.01 Å². The highest BCUT2D eigenvalue weighted by atomic mass is 32.2. The van der Waals surface area contributed by atoms with Crippen molar-refractivity contribution in [1.29, 1.82) is 0 Å². The maximum atomic E-state index is 11.9. The number of benzene rings is 2. The molecule has 1 N–H and O–H groups in total. The number of hydrogen-bond donors (Lipinski definition) is 1. The molecule has 24 heavy (non-hydrogen) atoms. The number of aromatic nitrogens is 2. The minimum atomic E-state index is -0.327. The molecule has 0 fully saturated rings. The van der Waals surface area contributed by atoms with Gasteiger partial charge in [-0.15, -0.1) is 16.9 Å². The molecule has 6 heteroatoms. The quantitative estimate of drug-likeness (QED) is 0.560. The summed E-state index contributed by atoms with van der Waals surface area (Å²) < 4.78 is 5.49. The minimum absolute atomic E-state index is 0.0715. The molecule has 0 radical (unpaired) electrons. The number of anilines is 1. The van der Waals surface area contributed by atoms with Crippen molar-refractivity contribution in [3.05, 3.63) is 66.2 Å². The maximum Gasteiger partial charge on any atom is 0.322 e. The van der Waals surface area contributed by atoms with Crippen LogP contribution in [-0.4, -0.2) is 22.4 Å². The van der Waals surface area contributed by atoms with E-state index in [1.54, 1.807) is 17.8 Å². The molecule has 3 rings (SSSR count). The van der Waals surface area contributed by atoms with Gasteiger partial charge in [0.25, 0.3) is 5.91 Å². The van der Waals surface area contributed by atoms with Gasteiger partial charge in [-0.1, -0.05) is 41.5 Å². The molecule has 1 heterocycles. The Morgan fingerprint density at radius 3 is 2.75 bits per heavy atom. The molecule has 5 nitrogen and oxygen atoms in total. The third kappa shape index (κ3) is 4.11. The molecule has 1 amide bonds. The Labute approximate surface area is 143 Å². The van der Waals surface area contributed by atoms with Crippen LogP contribution in [-0.2, 0) is 4.79 Å². The average Bonchev–Trinajstić information content (AvgIpc) is 3.09. The van der Waals surface area contributed by atoms with E-state index in [4.69, 9.17) is 4.42 Å². The predicted molar refractivity (Wildman–Crippen MR) is 95.6 cm³/mol. The lowest BCUT2D eigenvalue weighted by Gasteiger charge is -1.98. The molecule has 2 aromatic carbocycles. The molecule has 0 aliphatic carbocycles. The van der Waals surface area contributed by atoms with Crippen molar-refractivity contribution in [1.82, 2.24) is 10.2 Å². The van der Waals surface area contributed by atoms with Crippen LogP contribution in [0.1, 0.15) is 5.56 Å². The Hall–Kier alpha value is -2.86. The smallest absolute Gasteiger partial charge is 0.322 e. The van der Waals surface area contributed by atoms with E-state index in [-0.39, 0.29) is 11.9 Å². The summed E-state index contributed by atoms with van der Waals surface area (Å²) in [7, 11) is 0. The van der Waals surface area contributed by atoms with E-state index in [2.05, 4.69) is 15.5 Å². The highest BCUT2D eigenvalue weighted by Crippen LogP contribution is 2.24. The zero-order chi connectivity index (χ0) is 16.8. The lowest BCUT2D eigenvalue weighted by atomic mass is 10.2. The van der Waals surface area contributed by atoms with Gasteiger partial charge in [0.15, 0.2) is 0 Å². The Bertz CT molecular complexity index is 859. The predicted octanol–water partition coefficient (Wildman–Crippen LogP) is 4.11. The highest BCUT2D eigenvalue weighted by Gasteiger charge is 2.10. The van der Waals surface area contributed by atoms with Crippen molar-refractivity contribution in [3.8, 4) is 11.5 Å². The molecule has 3 aromatic rings. The van der Waals surface area contributed by atoms with Crippen LogP contribution in [0.4, 0.5) is 6.01 Å². The van der Waals surface area contributed by atoms with Gasteiger partial charge in [-0.3, -0.25) is 10.1 Å². The van der Waals surface area contributed by atoms with Crippen molar-refractivity contribution in [2.24, 2.45) is 0 Å². The maximum absolute atomic E-state index is 11.9. The van der Waals surface area contributed by atoms with E-state index in [0.29, 0.717) is 5.89 Å². The third-order valence-corrected chi connectivity index (χ3v) is 3.92. The van der Waals surface area contributed by atoms with Crippen molar-refractivity contribution in [2.75, 3.05) is 11.6 Å². The number of rotatable bonds is 5. The van der Waals surface area contributed by atoms with Gasteiger partial charge in [-0.05, 0) is 36.1 Å². The second-order valence-electron chi connectivity index (χ2n) is 4.88. The molecule has 0 unspecified atom stereocenters. The van der Waals surface area contributed by atoms with Crippen molar-refractivity contribution in [2.45, 2.75) is 4.90 Å². The van der Waals surface area contributed by atoms with Crippen LogP contribution < -0.4 is 5.32 Å². The summed E-state index contributed by atoms with van der Waals surface area (Å²) in [5.74, 6) is 0.0418. The van der Waals surface area contributed by atoms with E-state index in [1.165, 1.54) is 6.08 Å². The van der Waals surface area contributed by atoms with Crippen LogP contribution in [0, 0.1) is 0 Å². The third-order valence-electron chi connectivity index (χ3n) is 3.20. The molecular formula is C18H15N3O2S. The Morgan fingerprint density at radius 1 is 1.12 bits per heavy atom. The highest BCUT2D eigenvalue weighted by molar-refractivity contribution is 7.98. The van der Waals surface area contributed by atoms with Gasteiger partial charge in [0.1, 0.15) is 0 Å². The summed E-state index contributed by atoms with van der Waals surface area (Å²) in [5, 5.41) is 10.4. The lowest BCUT2D eigenvalue weighted by Crippen LogP contribution is -2.07. The number of hydrogen-bond acceptors (Lipinski definition) is 5. The number of nitrogens with zero attached hydrogens (tertiary/aromatic N) is 2. The zero-order valence-electron chi connectivity index (χ0n) is 13.0. The standard InChI is InChI=1S/C18H15N3O2S/c1-24-15-9-5-8-14(12-15)17-20-21-18(23-17)19-16(22)11-10-13-6-3-2-4-7-13/h2-12H,1H3,(H,19,21,22)/b11-10+. The second kappa shape index (κ2) is 7.61. The molecular weight excluding hydrogens is 322 g/mol. The molecule has 0 bridgehead atoms. The molecule has 0 saturated heterocycles. The molecule has 0 aliphatic rings. The number of thioether (sulfide) groups is 1. The van der Waals surface area contributed by atoms with Crippen LogP contribution >= 0.6 is 11.8 Å². The number of carbonyl (C=O) groups is 1. The fourth-order valence-electron chi connectivity index (χ4n) is 2.03. The summed E-state index contributed by atoms with van der Waals surface area (Å²) in [5.41, 5.74) is 1.75. The van der Waals surface area contributed by atoms with Gasteiger partial charge < -0.3 is 4.42 Å². The van der Waals surface area contributed by atoms with Crippen LogP contribution in [0.25, 0.3) is 17.5 Å². The van der Waals surface area contributed by atoms with E-state index in [9.17, 15) is 4.79 Å². The Morgan fingerprint density at radius 2 is 1.96 bits per heavy atom. The number of amides is 1. The summed E-state index contributed by atoms with van der Waals surface area (Å²) in [6, 6.07) is 17.4. The van der Waals surface area contributed by atoms with Crippen molar-refractivity contribution in [3.63, 3.8) is 0 Å². The van der Waals surface area contributed by atoms with Crippen LogP contribution in [0.3, 0.4) is 0 Å². The van der Waals surface area contributed by atoms with E-state index >= 15 is 0 Å². The number of carbonyl (C=O) groups excluding carboxylic acids is 1. The number of nitrogens with one attached hydrogen (secondary N) is 1. The summed E-state index contributed by atoms with van der Waals surface area (Å²) in [6.07, 6.45) is 5.14. The fraction of sp³-hybridized carbons (Fsp3) is 0.0556. The molecule has 0 aliphatic heterocycles. The molecule has 1 aromatic heterocycles. The zero-order valence-corrected chi connectivity index (χ0v) is 13.8. The van der Waals surface area contributed by atoms with Gasteiger partial charge in [-0.25, -0.2) is 0 Å².